The van der Waals surface area contributed by atoms with E-state index in [1.807, 2.05) is 53.4 Å². The van der Waals surface area contributed by atoms with E-state index >= 15 is 0 Å². The zero-order chi connectivity index (χ0) is 20.9. The molecule has 0 bridgehead atoms. The molecule has 0 saturated carbocycles. The van der Waals surface area contributed by atoms with Gasteiger partial charge in [-0.2, -0.15) is 0 Å². The summed E-state index contributed by atoms with van der Waals surface area (Å²) < 4.78 is 5.42. The molecule has 2 aliphatic heterocycles. The van der Waals surface area contributed by atoms with Crippen LogP contribution in [0, 0.1) is 0 Å². The van der Waals surface area contributed by atoms with Crippen LogP contribution in [-0.2, 0) is 27.4 Å². The molecule has 0 aliphatic carbocycles. The number of carbonyl (C=O) groups excluding carboxylic acids is 2. The van der Waals surface area contributed by atoms with Crippen molar-refractivity contribution in [2.24, 2.45) is 0 Å². The second-order valence-electron chi connectivity index (χ2n) is 7.77. The molecule has 6 nitrogen and oxygen atoms in total. The topological polar surface area (TPSA) is 53.1 Å². The Morgan fingerprint density at radius 1 is 0.967 bits per heavy atom. The van der Waals surface area contributed by atoms with Gasteiger partial charge >= 0.3 is 0 Å². The Morgan fingerprint density at radius 2 is 1.70 bits per heavy atom. The van der Waals surface area contributed by atoms with Gasteiger partial charge in [0.2, 0.25) is 11.8 Å². The highest BCUT2D eigenvalue weighted by molar-refractivity contribution is 6.30. The molecule has 0 spiro atoms. The number of piperazine rings is 1. The highest BCUT2D eigenvalue weighted by Crippen LogP contribution is 2.18. The van der Waals surface area contributed by atoms with E-state index in [0.717, 1.165) is 30.2 Å². The van der Waals surface area contributed by atoms with Crippen molar-refractivity contribution in [3.05, 3.63) is 70.7 Å². The van der Waals surface area contributed by atoms with Crippen LogP contribution in [0.2, 0.25) is 5.02 Å². The van der Waals surface area contributed by atoms with Crippen molar-refractivity contribution in [3.8, 4) is 0 Å². The molecule has 2 aliphatic rings. The molecule has 1 atom stereocenters. The number of benzene rings is 2. The Bertz CT molecular complexity index is 884. The molecule has 2 amide bonds. The van der Waals surface area contributed by atoms with Gasteiger partial charge in [-0.25, -0.2) is 0 Å². The fraction of sp³-hybridized carbons (Fsp3) is 0.391. The maximum atomic E-state index is 13.2. The van der Waals surface area contributed by atoms with Gasteiger partial charge in [0.1, 0.15) is 12.6 Å². The molecular formula is C23H26ClN3O3. The quantitative estimate of drug-likeness (QED) is 0.735. The summed E-state index contributed by atoms with van der Waals surface area (Å²) in [7, 11) is 0. The minimum atomic E-state index is -0.564. The molecule has 30 heavy (non-hydrogen) atoms. The third-order valence-corrected chi connectivity index (χ3v) is 5.89. The number of hydrogen-bond donors (Lipinski definition) is 0. The lowest BCUT2D eigenvalue weighted by atomic mass is 10.1. The van der Waals surface area contributed by atoms with Gasteiger partial charge in [-0.3, -0.25) is 14.5 Å². The van der Waals surface area contributed by atoms with Crippen molar-refractivity contribution in [2.45, 2.75) is 19.1 Å². The van der Waals surface area contributed by atoms with Crippen LogP contribution in [-0.4, -0.2) is 71.9 Å². The Kier molecular flexibility index (Phi) is 6.67. The zero-order valence-electron chi connectivity index (χ0n) is 16.9. The van der Waals surface area contributed by atoms with Gasteiger partial charge in [-0.1, -0.05) is 54.1 Å². The number of halogens is 1. The van der Waals surface area contributed by atoms with Crippen LogP contribution in [0.25, 0.3) is 0 Å². The summed E-state index contributed by atoms with van der Waals surface area (Å²) in [5.41, 5.74) is 2.18. The predicted octanol–water partition coefficient (Wildman–Crippen LogP) is 2.41. The molecule has 0 unspecified atom stereocenters. The van der Waals surface area contributed by atoms with Crippen molar-refractivity contribution in [1.82, 2.24) is 14.7 Å². The maximum absolute atomic E-state index is 13.2. The first-order chi connectivity index (χ1) is 14.6. The molecule has 7 heteroatoms. The first-order valence-corrected chi connectivity index (χ1v) is 10.6. The molecule has 0 radical (unpaired) electrons. The molecule has 0 aromatic heterocycles. The first-order valence-electron chi connectivity index (χ1n) is 10.3. The van der Waals surface area contributed by atoms with E-state index in [2.05, 4.69) is 11.0 Å². The van der Waals surface area contributed by atoms with Gasteiger partial charge in [0, 0.05) is 44.3 Å². The van der Waals surface area contributed by atoms with Gasteiger partial charge in [-0.05, 0) is 23.3 Å². The Labute approximate surface area is 182 Å². The smallest absolute Gasteiger partial charge is 0.249 e. The van der Waals surface area contributed by atoms with E-state index in [1.165, 1.54) is 5.56 Å². The third-order valence-electron chi connectivity index (χ3n) is 5.66. The second kappa shape index (κ2) is 9.60. The van der Waals surface area contributed by atoms with Gasteiger partial charge in [0.05, 0.1) is 6.61 Å². The van der Waals surface area contributed by atoms with Gasteiger partial charge in [0.25, 0.3) is 0 Å². The summed E-state index contributed by atoms with van der Waals surface area (Å²) in [4.78, 5) is 31.6. The van der Waals surface area contributed by atoms with E-state index in [0.29, 0.717) is 19.6 Å². The second-order valence-corrected chi connectivity index (χ2v) is 8.21. The lowest BCUT2D eigenvalue weighted by Gasteiger charge is -2.40. The van der Waals surface area contributed by atoms with E-state index < -0.39 is 6.04 Å². The number of amides is 2. The molecule has 2 heterocycles. The van der Waals surface area contributed by atoms with E-state index in [1.54, 1.807) is 4.90 Å². The van der Waals surface area contributed by atoms with Crippen LogP contribution >= 0.6 is 11.6 Å². The first kappa shape index (κ1) is 20.8. The Balaban J connectivity index is 1.36. The predicted molar refractivity (Wildman–Crippen MR) is 115 cm³/mol. The number of carbonyl (C=O) groups is 2. The van der Waals surface area contributed by atoms with Crippen molar-refractivity contribution >= 4 is 23.4 Å². The lowest BCUT2D eigenvalue weighted by Crippen LogP contribution is -2.59. The van der Waals surface area contributed by atoms with Crippen LogP contribution in [0.5, 0.6) is 0 Å². The number of nitrogens with zero attached hydrogens (tertiary/aromatic N) is 3. The van der Waals surface area contributed by atoms with E-state index in [4.69, 9.17) is 16.3 Å². The summed E-state index contributed by atoms with van der Waals surface area (Å²) >= 11 is 6.08. The van der Waals surface area contributed by atoms with E-state index in [9.17, 15) is 9.59 Å². The number of hydrogen-bond acceptors (Lipinski definition) is 4. The SMILES string of the molecule is O=C([C@@H]1COCC(=O)N1Cc1ccccc1)N1CCN(Cc2cccc(Cl)c2)CC1. The van der Waals surface area contributed by atoms with Crippen LogP contribution in [0.15, 0.2) is 54.6 Å². The summed E-state index contributed by atoms with van der Waals surface area (Å²) in [5, 5.41) is 0.738. The monoisotopic (exact) mass is 427 g/mol. The number of ether oxygens (including phenoxy) is 1. The summed E-state index contributed by atoms with van der Waals surface area (Å²) in [6.45, 7) is 4.38. The zero-order valence-corrected chi connectivity index (χ0v) is 17.6. The summed E-state index contributed by atoms with van der Waals surface area (Å²) in [6.07, 6.45) is 0. The minimum absolute atomic E-state index is 0.0265. The largest absolute Gasteiger partial charge is 0.369 e. The van der Waals surface area contributed by atoms with E-state index in [-0.39, 0.29) is 25.0 Å². The van der Waals surface area contributed by atoms with Gasteiger partial charge in [0.15, 0.2) is 0 Å². The third kappa shape index (κ3) is 5.01. The standard InChI is InChI=1S/C23H26ClN3O3/c24-20-8-4-7-19(13-20)14-25-9-11-26(12-10-25)23(29)21-16-30-17-22(28)27(21)15-18-5-2-1-3-6-18/h1-8,13,21H,9-12,14-17H2/t21-/m0/s1. The van der Waals surface area contributed by atoms with Crippen LogP contribution < -0.4 is 0 Å². The molecular weight excluding hydrogens is 402 g/mol. The molecule has 0 N–H and O–H groups in total. The lowest BCUT2D eigenvalue weighted by molar-refractivity contribution is -0.160. The maximum Gasteiger partial charge on any atom is 0.249 e. The van der Waals surface area contributed by atoms with Crippen molar-refractivity contribution in [3.63, 3.8) is 0 Å². The van der Waals surface area contributed by atoms with Crippen LogP contribution in [0.4, 0.5) is 0 Å². The normalized spacial score (nSPS) is 20.4. The Hall–Kier alpha value is -2.41. The average Bonchev–Trinajstić information content (AvgIpc) is 2.76. The van der Waals surface area contributed by atoms with Crippen molar-refractivity contribution in [2.75, 3.05) is 39.4 Å². The highest BCUT2D eigenvalue weighted by Gasteiger charge is 2.37. The number of rotatable bonds is 5. The molecule has 158 valence electrons. The number of morpholine rings is 1. The molecule has 2 saturated heterocycles. The average molecular weight is 428 g/mol. The summed E-state index contributed by atoms with van der Waals surface area (Å²) in [5.74, 6) is -0.163. The molecule has 2 aromatic rings. The molecule has 2 aromatic carbocycles. The highest BCUT2D eigenvalue weighted by atomic mass is 35.5. The Morgan fingerprint density at radius 3 is 2.43 bits per heavy atom. The van der Waals surface area contributed by atoms with Crippen molar-refractivity contribution < 1.29 is 14.3 Å². The van der Waals surface area contributed by atoms with Gasteiger partial charge < -0.3 is 14.5 Å². The fourth-order valence-corrected chi connectivity index (χ4v) is 4.23. The van der Waals surface area contributed by atoms with Crippen molar-refractivity contribution in [1.29, 1.82) is 0 Å². The molecule has 2 fully saturated rings. The summed E-state index contributed by atoms with van der Waals surface area (Å²) in [6, 6.07) is 17.1. The fourth-order valence-electron chi connectivity index (χ4n) is 4.02. The molecule has 4 rings (SSSR count). The van der Waals surface area contributed by atoms with Crippen LogP contribution in [0.3, 0.4) is 0 Å². The van der Waals surface area contributed by atoms with Crippen LogP contribution in [0.1, 0.15) is 11.1 Å². The van der Waals surface area contributed by atoms with Gasteiger partial charge in [-0.15, -0.1) is 0 Å². The minimum Gasteiger partial charge on any atom is -0.369 e.